The summed E-state index contributed by atoms with van der Waals surface area (Å²) in [5, 5.41) is -0.318. The van der Waals surface area contributed by atoms with Crippen molar-refractivity contribution < 1.29 is 36.7 Å². The molecule has 26 heavy (non-hydrogen) atoms. The number of esters is 1. The number of nitrogens with zero attached hydrogens (tertiary/aromatic N) is 1. The van der Waals surface area contributed by atoms with E-state index in [0.29, 0.717) is 11.0 Å². The maximum absolute atomic E-state index is 14.2. The minimum Gasteiger partial charge on any atom is -0.459 e. The predicted octanol–water partition coefficient (Wildman–Crippen LogP) is 3.88. The standard InChI is InChI=1S/C16H14ClF4NO4/c1-7(2)26-15(25)9-5-12(11(18)6-10(9)17)22-13(23)3-8(4-14(22)24)16(19,20)21/h5-8H,3-4H2,1-2H3. The molecule has 1 aromatic rings. The van der Waals surface area contributed by atoms with Crippen molar-refractivity contribution in [3.8, 4) is 0 Å². The summed E-state index contributed by atoms with van der Waals surface area (Å²) in [6.45, 7) is 3.12. The van der Waals surface area contributed by atoms with Gasteiger partial charge in [-0.25, -0.2) is 14.1 Å². The molecule has 0 N–H and O–H groups in total. The SMILES string of the molecule is CC(C)OC(=O)c1cc(N2C(=O)CC(C(F)(F)F)CC2=O)c(F)cc1Cl. The lowest BCUT2D eigenvalue weighted by molar-refractivity contribution is -0.185. The first kappa shape index (κ1) is 20.2. The summed E-state index contributed by atoms with van der Waals surface area (Å²) in [5.41, 5.74) is -0.948. The van der Waals surface area contributed by atoms with E-state index in [9.17, 15) is 31.9 Å². The third kappa shape index (κ3) is 4.14. The van der Waals surface area contributed by atoms with Crippen molar-refractivity contribution >= 4 is 35.1 Å². The Bertz CT molecular complexity index is 745. The number of benzene rings is 1. The molecular formula is C16H14ClF4NO4. The topological polar surface area (TPSA) is 63.7 Å². The Balaban J connectivity index is 2.41. The number of ether oxygens (including phenoxy) is 1. The number of hydrogen-bond acceptors (Lipinski definition) is 4. The molecule has 10 heteroatoms. The van der Waals surface area contributed by atoms with Gasteiger partial charge in [-0.05, 0) is 26.0 Å². The second kappa shape index (κ2) is 7.22. The number of carbonyl (C=O) groups is 3. The highest BCUT2D eigenvalue weighted by Gasteiger charge is 2.48. The molecule has 0 aliphatic carbocycles. The minimum absolute atomic E-state index is 0.306. The molecule has 0 unspecified atom stereocenters. The highest BCUT2D eigenvalue weighted by atomic mass is 35.5. The van der Waals surface area contributed by atoms with Crippen LogP contribution in [0, 0.1) is 11.7 Å². The van der Waals surface area contributed by atoms with Gasteiger partial charge in [0, 0.05) is 12.8 Å². The van der Waals surface area contributed by atoms with Gasteiger partial charge in [0.1, 0.15) is 5.82 Å². The van der Waals surface area contributed by atoms with Crippen LogP contribution in [0.15, 0.2) is 12.1 Å². The van der Waals surface area contributed by atoms with Crippen LogP contribution < -0.4 is 4.90 Å². The number of halogens is 5. The number of rotatable bonds is 3. The van der Waals surface area contributed by atoms with E-state index in [4.69, 9.17) is 16.3 Å². The van der Waals surface area contributed by atoms with Gasteiger partial charge in [-0.15, -0.1) is 0 Å². The van der Waals surface area contributed by atoms with E-state index in [-0.39, 0.29) is 10.6 Å². The van der Waals surface area contributed by atoms with E-state index in [1.807, 2.05) is 0 Å². The Morgan fingerprint density at radius 1 is 1.23 bits per heavy atom. The number of imide groups is 1. The third-order valence-corrected chi connectivity index (χ3v) is 3.96. The van der Waals surface area contributed by atoms with Gasteiger partial charge >= 0.3 is 12.1 Å². The van der Waals surface area contributed by atoms with E-state index in [2.05, 4.69) is 0 Å². The molecule has 1 heterocycles. The molecule has 2 amide bonds. The summed E-state index contributed by atoms with van der Waals surface area (Å²) >= 11 is 5.80. The number of hydrogen-bond donors (Lipinski definition) is 0. The first-order chi connectivity index (χ1) is 11.9. The molecule has 1 saturated heterocycles. The summed E-state index contributed by atoms with van der Waals surface area (Å²) in [6.07, 6.45) is -7.23. The van der Waals surface area contributed by atoms with Crippen molar-refractivity contribution in [1.82, 2.24) is 0 Å². The maximum atomic E-state index is 14.2. The van der Waals surface area contributed by atoms with Crippen LogP contribution in [0.25, 0.3) is 0 Å². The summed E-state index contributed by atoms with van der Waals surface area (Å²) in [7, 11) is 0. The molecule has 142 valence electrons. The maximum Gasteiger partial charge on any atom is 0.392 e. The lowest BCUT2D eigenvalue weighted by Gasteiger charge is -2.31. The average molecular weight is 396 g/mol. The smallest absolute Gasteiger partial charge is 0.392 e. The number of carbonyl (C=O) groups excluding carboxylic acids is 3. The molecular weight excluding hydrogens is 382 g/mol. The largest absolute Gasteiger partial charge is 0.459 e. The van der Waals surface area contributed by atoms with Crippen molar-refractivity contribution in [2.75, 3.05) is 4.90 Å². The van der Waals surface area contributed by atoms with Gasteiger partial charge < -0.3 is 4.74 Å². The monoisotopic (exact) mass is 395 g/mol. The lowest BCUT2D eigenvalue weighted by atomic mass is 9.94. The summed E-state index contributed by atoms with van der Waals surface area (Å²) in [5.74, 6) is -6.60. The summed E-state index contributed by atoms with van der Waals surface area (Å²) in [6, 6.07) is 1.52. The molecule has 1 fully saturated rings. The Hall–Kier alpha value is -2.16. The minimum atomic E-state index is -4.72. The van der Waals surface area contributed by atoms with E-state index >= 15 is 0 Å². The van der Waals surface area contributed by atoms with Gasteiger partial charge in [-0.1, -0.05) is 11.6 Å². The van der Waals surface area contributed by atoms with Gasteiger partial charge in [-0.3, -0.25) is 9.59 Å². The van der Waals surface area contributed by atoms with Crippen molar-refractivity contribution in [2.24, 2.45) is 5.92 Å². The molecule has 0 saturated carbocycles. The normalized spacial score (nSPS) is 16.4. The van der Waals surface area contributed by atoms with Crippen molar-refractivity contribution in [3.05, 3.63) is 28.5 Å². The number of anilines is 1. The fourth-order valence-corrected chi connectivity index (χ4v) is 2.69. The van der Waals surface area contributed by atoms with Crippen LogP contribution in [0.3, 0.4) is 0 Å². The van der Waals surface area contributed by atoms with Crippen molar-refractivity contribution in [1.29, 1.82) is 0 Å². The van der Waals surface area contributed by atoms with Gasteiger partial charge in [0.05, 0.1) is 28.3 Å². The molecule has 0 radical (unpaired) electrons. The van der Waals surface area contributed by atoms with E-state index in [0.717, 1.165) is 6.07 Å². The zero-order valence-corrected chi connectivity index (χ0v) is 14.4. The Morgan fingerprint density at radius 3 is 2.23 bits per heavy atom. The molecule has 0 aromatic heterocycles. The van der Waals surface area contributed by atoms with Crippen LogP contribution in [-0.2, 0) is 14.3 Å². The zero-order chi connectivity index (χ0) is 19.8. The Labute approximate surface area is 150 Å². The second-order valence-electron chi connectivity index (χ2n) is 6.01. The average Bonchev–Trinajstić information content (AvgIpc) is 2.46. The molecule has 0 bridgehead atoms. The van der Waals surface area contributed by atoms with Gasteiger partial charge in [-0.2, -0.15) is 13.2 Å². The summed E-state index contributed by atoms with van der Waals surface area (Å²) in [4.78, 5) is 36.4. The predicted molar refractivity (Wildman–Crippen MR) is 83.2 cm³/mol. The first-order valence-electron chi connectivity index (χ1n) is 7.54. The van der Waals surface area contributed by atoms with Crippen LogP contribution in [0.2, 0.25) is 5.02 Å². The lowest BCUT2D eigenvalue weighted by Crippen LogP contribution is -2.47. The van der Waals surface area contributed by atoms with Crippen LogP contribution in [0.4, 0.5) is 23.2 Å². The van der Waals surface area contributed by atoms with Crippen molar-refractivity contribution in [2.45, 2.75) is 39.0 Å². The molecule has 2 rings (SSSR count). The Morgan fingerprint density at radius 2 is 1.77 bits per heavy atom. The highest BCUT2D eigenvalue weighted by molar-refractivity contribution is 6.34. The third-order valence-electron chi connectivity index (χ3n) is 3.64. The van der Waals surface area contributed by atoms with Crippen LogP contribution in [-0.4, -0.2) is 30.1 Å². The zero-order valence-electron chi connectivity index (χ0n) is 13.7. The van der Waals surface area contributed by atoms with E-state index < -0.39 is 60.3 Å². The van der Waals surface area contributed by atoms with Gasteiger partial charge in [0.2, 0.25) is 11.8 Å². The Kier molecular flexibility index (Phi) is 5.60. The molecule has 5 nitrogen and oxygen atoms in total. The number of piperidine rings is 1. The number of amides is 2. The van der Waals surface area contributed by atoms with E-state index in [1.165, 1.54) is 0 Å². The molecule has 0 atom stereocenters. The number of alkyl halides is 3. The fourth-order valence-electron chi connectivity index (χ4n) is 2.46. The van der Waals surface area contributed by atoms with Gasteiger partial charge in [0.25, 0.3) is 0 Å². The van der Waals surface area contributed by atoms with Gasteiger partial charge in [0.15, 0.2) is 0 Å². The van der Waals surface area contributed by atoms with Crippen LogP contribution in [0.5, 0.6) is 0 Å². The molecule has 0 spiro atoms. The molecule has 1 aliphatic rings. The highest BCUT2D eigenvalue weighted by Crippen LogP contribution is 2.38. The van der Waals surface area contributed by atoms with Crippen molar-refractivity contribution in [3.63, 3.8) is 0 Å². The first-order valence-corrected chi connectivity index (χ1v) is 7.92. The molecule has 1 aliphatic heterocycles. The van der Waals surface area contributed by atoms with Crippen LogP contribution >= 0.6 is 11.6 Å². The van der Waals surface area contributed by atoms with Crippen LogP contribution in [0.1, 0.15) is 37.0 Å². The van der Waals surface area contributed by atoms with E-state index in [1.54, 1.807) is 13.8 Å². The fraction of sp³-hybridized carbons (Fsp3) is 0.438. The molecule has 1 aromatic carbocycles. The second-order valence-corrected chi connectivity index (χ2v) is 6.41. The quantitative estimate of drug-likeness (QED) is 0.442. The summed E-state index contributed by atoms with van der Waals surface area (Å²) < 4.78 is 57.4.